The van der Waals surface area contributed by atoms with E-state index in [0.29, 0.717) is 25.3 Å². The highest BCUT2D eigenvalue weighted by Gasteiger charge is 2.18. The van der Waals surface area contributed by atoms with Crippen LogP contribution in [0.1, 0.15) is 12.8 Å². The Kier molecular flexibility index (Phi) is 4.39. The number of benzene rings is 1. The molecule has 0 aromatic heterocycles. The maximum absolute atomic E-state index is 12.7. The van der Waals surface area contributed by atoms with Crippen molar-refractivity contribution in [1.29, 1.82) is 0 Å². The van der Waals surface area contributed by atoms with E-state index in [0.717, 1.165) is 11.3 Å². The van der Waals surface area contributed by atoms with Crippen molar-refractivity contribution in [3.05, 3.63) is 30.1 Å². The maximum atomic E-state index is 12.7. The van der Waals surface area contributed by atoms with E-state index in [-0.39, 0.29) is 11.7 Å². The van der Waals surface area contributed by atoms with Gasteiger partial charge in [-0.3, -0.25) is 9.63 Å². The quantitative estimate of drug-likeness (QED) is 0.774. The SMILES string of the molecule is O=C(CCSc1ccc(F)cc1)N1CCCO1. The molecule has 92 valence electrons. The fourth-order valence-electron chi connectivity index (χ4n) is 1.56. The van der Waals surface area contributed by atoms with Crippen molar-refractivity contribution in [2.45, 2.75) is 17.7 Å². The van der Waals surface area contributed by atoms with Crippen LogP contribution >= 0.6 is 11.8 Å². The molecule has 0 aliphatic carbocycles. The monoisotopic (exact) mass is 255 g/mol. The highest BCUT2D eigenvalue weighted by Crippen LogP contribution is 2.19. The molecule has 0 saturated carbocycles. The summed E-state index contributed by atoms with van der Waals surface area (Å²) in [4.78, 5) is 17.7. The number of carbonyl (C=O) groups is 1. The molecule has 0 spiro atoms. The fourth-order valence-corrected chi connectivity index (χ4v) is 2.40. The van der Waals surface area contributed by atoms with Crippen LogP contribution in [0, 0.1) is 5.82 Å². The van der Waals surface area contributed by atoms with E-state index in [1.54, 1.807) is 23.9 Å². The molecule has 0 N–H and O–H groups in total. The molecule has 1 saturated heterocycles. The predicted octanol–water partition coefficient (Wildman–Crippen LogP) is 2.47. The summed E-state index contributed by atoms with van der Waals surface area (Å²) >= 11 is 1.55. The second-order valence-electron chi connectivity index (χ2n) is 3.74. The lowest BCUT2D eigenvalue weighted by Crippen LogP contribution is -2.26. The van der Waals surface area contributed by atoms with Gasteiger partial charge in [-0.15, -0.1) is 11.8 Å². The molecular formula is C12H14FNO2S. The lowest BCUT2D eigenvalue weighted by atomic mass is 10.4. The second kappa shape index (κ2) is 6.02. The molecule has 0 atom stereocenters. The first kappa shape index (κ1) is 12.4. The number of halogens is 1. The van der Waals surface area contributed by atoms with Crippen LogP contribution in [0.2, 0.25) is 0 Å². The van der Waals surface area contributed by atoms with Crippen LogP contribution in [0.3, 0.4) is 0 Å². The van der Waals surface area contributed by atoms with Crippen LogP contribution in [-0.4, -0.2) is 29.9 Å². The number of rotatable bonds is 4. The summed E-state index contributed by atoms with van der Waals surface area (Å²) in [7, 11) is 0. The summed E-state index contributed by atoms with van der Waals surface area (Å²) in [6, 6.07) is 6.29. The summed E-state index contributed by atoms with van der Waals surface area (Å²) < 4.78 is 12.7. The second-order valence-corrected chi connectivity index (χ2v) is 4.90. The Balaban J connectivity index is 1.72. The summed E-state index contributed by atoms with van der Waals surface area (Å²) in [5, 5.41) is 1.44. The summed E-state index contributed by atoms with van der Waals surface area (Å²) in [5.74, 6) is 0.470. The first-order chi connectivity index (χ1) is 8.25. The summed E-state index contributed by atoms with van der Waals surface area (Å²) in [6.07, 6.45) is 1.36. The molecule has 2 rings (SSSR count). The highest BCUT2D eigenvalue weighted by molar-refractivity contribution is 7.99. The Bertz CT molecular complexity index is 377. The smallest absolute Gasteiger partial charge is 0.246 e. The third-order valence-electron chi connectivity index (χ3n) is 2.43. The van der Waals surface area contributed by atoms with Gasteiger partial charge in [0.25, 0.3) is 0 Å². The van der Waals surface area contributed by atoms with E-state index >= 15 is 0 Å². The molecule has 3 nitrogen and oxygen atoms in total. The first-order valence-electron chi connectivity index (χ1n) is 5.57. The number of thioether (sulfide) groups is 1. The molecule has 5 heteroatoms. The molecule has 17 heavy (non-hydrogen) atoms. The molecular weight excluding hydrogens is 241 g/mol. The van der Waals surface area contributed by atoms with Gasteiger partial charge >= 0.3 is 0 Å². The van der Waals surface area contributed by atoms with Crippen LogP contribution < -0.4 is 0 Å². The van der Waals surface area contributed by atoms with E-state index in [2.05, 4.69) is 0 Å². The van der Waals surface area contributed by atoms with Gasteiger partial charge in [-0.2, -0.15) is 0 Å². The van der Waals surface area contributed by atoms with Gasteiger partial charge in [0, 0.05) is 17.1 Å². The Morgan fingerprint density at radius 3 is 2.82 bits per heavy atom. The average Bonchev–Trinajstić information content (AvgIpc) is 2.85. The molecule has 1 heterocycles. The van der Waals surface area contributed by atoms with Crippen LogP contribution in [0.15, 0.2) is 29.2 Å². The van der Waals surface area contributed by atoms with E-state index in [9.17, 15) is 9.18 Å². The van der Waals surface area contributed by atoms with Crippen molar-refractivity contribution in [1.82, 2.24) is 5.06 Å². The zero-order valence-corrected chi connectivity index (χ0v) is 10.2. The number of hydroxylamine groups is 2. The molecule has 1 amide bonds. The van der Waals surface area contributed by atoms with E-state index in [1.165, 1.54) is 17.2 Å². The Morgan fingerprint density at radius 2 is 2.18 bits per heavy atom. The number of nitrogens with zero attached hydrogens (tertiary/aromatic N) is 1. The zero-order valence-electron chi connectivity index (χ0n) is 9.39. The molecule has 1 aliphatic rings. The molecule has 0 radical (unpaired) electrons. The van der Waals surface area contributed by atoms with Gasteiger partial charge in [-0.05, 0) is 30.7 Å². The van der Waals surface area contributed by atoms with Crippen LogP contribution in [-0.2, 0) is 9.63 Å². The van der Waals surface area contributed by atoms with Gasteiger partial charge in [0.05, 0.1) is 13.2 Å². The minimum Gasteiger partial charge on any atom is -0.273 e. The number of hydrogen-bond acceptors (Lipinski definition) is 3. The normalized spacial score (nSPS) is 15.2. The largest absolute Gasteiger partial charge is 0.273 e. The molecule has 1 aromatic rings. The molecule has 1 aromatic carbocycles. The van der Waals surface area contributed by atoms with Gasteiger partial charge in [-0.1, -0.05) is 0 Å². The van der Waals surface area contributed by atoms with E-state index in [4.69, 9.17) is 4.84 Å². The first-order valence-corrected chi connectivity index (χ1v) is 6.56. The maximum Gasteiger partial charge on any atom is 0.246 e. The molecule has 0 unspecified atom stereocenters. The topological polar surface area (TPSA) is 29.5 Å². The third kappa shape index (κ3) is 3.71. The minimum absolute atomic E-state index is 0.0251. The molecule has 0 bridgehead atoms. The van der Waals surface area contributed by atoms with Gasteiger partial charge in [-0.25, -0.2) is 9.45 Å². The third-order valence-corrected chi connectivity index (χ3v) is 3.44. The zero-order chi connectivity index (χ0) is 12.1. The lowest BCUT2D eigenvalue weighted by Gasteiger charge is -2.13. The summed E-state index contributed by atoms with van der Waals surface area (Å²) in [6.45, 7) is 1.33. The number of amides is 1. The summed E-state index contributed by atoms with van der Waals surface area (Å²) in [5.41, 5.74) is 0. The highest BCUT2D eigenvalue weighted by atomic mass is 32.2. The molecule has 1 fully saturated rings. The van der Waals surface area contributed by atoms with Crippen molar-refractivity contribution >= 4 is 17.7 Å². The van der Waals surface area contributed by atoms with Gasteiger partial charge in [0.15, 0.2) is 0 Å². The van der Waals surface area contributed by atoms with E-state index < -0.39 is 0 Å². The van der Waals surface area contributed by atoms with E-state index in [1.807, 2.05) is 0 Å². The van der Waals surface area contributed by atoms with Crippen LogP contribution in [0.5, 0.6) is 0 Å². The number of hydrogen-bond donors (Lipinski definition) is 0. The standard InChI is InChI=1S/C12H14FNO2S/c13-10-2-4-11(5-3-10)17-9-6-12(15)14-7-1-8-16-14/h2-5H,1,6-9H2. The Labute approximate surface area is 104 Å². The average molecular weight is 255 g/mol. The minimum atomic E-state index is -0.240. The number of carbonyl (C=O) groups excluding carboxylic acids is 1. The van der Waals surface area contributed by atoms with Gasteiger partial charge in [0.2, 0.25) is 5.91 Å². The van der Waals surface area contributed by atoms with Crippen molar-refractivity contribution in [3.63, 3.8) is 0 Å². The predicted molar refractivity (Wildman–Crippen MR) is 64.0 cm³/mol. The van der Waals surface area contributed by atoms with Crippen molar-refractivity contribution in [3.8, 4) is 0 Å². The Morgan fingerprint density at radius 1 is 1.41 bits per heavy atom. The molecule has 1 aliphatic heterocycles. The van der Waals surface area contributed by atoms with Gasteiger partial charge < -0.3 is 0 Å². The van der Waals surface area contributed by atoms with Gasteiger partial charge in [0.1, 0.15) is 5.82 Å². The fraction of sp³-hybridized carbons (Fsp3) is 0.417. The Hall–Kier alpha value is -1.07. The van der Waals surface area contributed by atoms with Crippen molar-refractivity contribution < 1.29 is 14.0 Å². The van der Waals surface area contributed by atoms with Crippen molar-refractivity contribution in [2.24, 2.45) is 0 Å². The van der Waals surface area contributed by atoms with Crippen molar-refractivity contribution in [2.75, 3.05) is 18.9 Å². The van der Waals surface area contributed by atoms with Crippen LogP contribution in [0.4, 0.5) is 4.39 Å². The van der Waals surface area contributed by atoms with Crippen LogP contribution in [0.25, 0.3) is 0 Å². The lowest BCUT2D eigenvalue weighted by molar-refractivity contribution is -0.168.